The van der Waals surface area contributed by atoms with Crippen molar-refractivity contribution in [3.8, 4) is 0 Å². The van der Waals surface area contributed by atoms with Crippen LogP contribution in [0.15, 0.2) is 24.3 Å². The van der Waals surface area contributed by atoms with E-state index >= 15 is 0 Å². The zero-order valence-corrected chi connectivity index (χ0v) is 13.2. The van der Waals surface area contributed by atoms with E-state index in [0.29, 0.717) is 12.0 Å². The molecule has 0 saturated carbocycles. The van der Waals surface area contributed by atoms with Crippen molar-refractivity contribution in [2.45, 2.75) is 65.8 Å². The first kappa shape index (κ1) is 16.2. The Morgan fingerprint density at radius 3 is 2.47 bits per heavy atom. The molecule has 1 nitrogen and oxygen atoms in total. The minimum Gasteiger partial charge on any atom is -0.310 e. The third-order valence-corrected chi connectivity index (χ3v) is 3.78. The van der Waals surface area contributed by atoms with Gasteiger partial charge in [0, 0.05) is 6.04 Å². The molecule has 0 spiro atoms. The van der Waals surface area contributed by atoms with E-state index in [0.717, 1.165) is 6.54 Å². The molecule has 1 N–H and O–H groups in total. The Hall–Kier alpha value is -0.820. The molecule has 1 aromatic rings. The lowest BCUT2D eigenvalue weighted by Gasteiger charge is -2.26. The quantitative estimate of drug-likeness (QED) is 0.651. The molecular formula is C18H31N. The molecule has 1 aromatic carbocycles. The molecule has 0 amide bonds. The Morgan fingerprint density at radius 2 is 1.84 bits per heavy atom. The molecule has 0 bridgehead atoms. The number of rotatable bonds is 9. The van der Waals surface area contributed by atoms with Crippen LogP contribution in [0.5, 0.6) is 0 Å². The maximum atomic E-state index is 3.74. The average molecular weight is 261 g/mol. The first-order valence-electron chi connectivity index (χ1n) is 8.05. The highest BCUT2D eigenvalue weighted by atomic mass is 14.9. The first-order valence-corrected chi connectivity index (χ1v) is 8.05. The second-order valence-electron chi connectivity index (χ2n) is 5.69. The molecule has 0 fully saturated rings. The SMILES string of the molecule is CCCNC(c1cccc(CCC)c1)C(C)CCC. The van der Waals surface area contributed by atoms with Crippen LogP contribution >= 0.6 is 0 Å². The molecule has 0 aliphatic heterocycles. The molecule has 19 heavy (non-hydrogen) atoms. The third-order valence-electron chi connectivity index (χ3n) is 3.78. The van der Waals surface area contributed by atoms with Gasteiger partial charge in [0.1, 0.15) is 0 Å². The predicted molar refractivity (Wildman–Crippen MR) is 85.5 cm³/mol. The smallest absolute Gasteiger partial charge is 0.0346 e. The molecular weight excluding hydrogens is 230 g/mol. The summed E-state index contributed by atoms with van der Waals surface area (Å²) in [6.07, 6.45) is 6.17. The van der Waals surface area contributed by atoms with Crippen molar-refractivity contribution < 1.29 is 0 Å². The van der Waals surface area contributed by atoms with Crippen LogP contribution in [0.4, 0.5) is 0 Å². The van der Waals surface area contributed by atoms with Gasteiger partial charge in [-0.25, -0.2) is 0 Å². The van der Waals surface area contributed by atoms with Gasteiger partial charge in [-0.1, -0.05) is 64.8 Å². The number of nitrogens with one attached hydrogen (secondary N) is 1. The standard InChI is InChI=1S/C18H31N/c1-5-9-15(4)18(19-13-7-3)17-12-8-11-16(14-17)10-6-2/h8,11-12,14-15,18-19H,5-7,9-10,13H2,1-4H3. The van der Waals surface area contributed by atoms with Crippen LogP contribution in [0.1, 0.15) is 70.5 Å². The molecule has 0 aliphatic rings. The maximum Gasteiger partial charge on any atom is 0.0346 e. The molecule has 108 valence electrons. The van der Waals surface area contributed by atoms with Gasteiger partial charge < -0.3 is 5.32 Å². The van der Waals surface area contributed by atoms with Gasteiger partial charge >= 0.3 is 0 Å². The van der Waals surface area contributed by atoms with Crippen molar-refractivity contribution in [1.29, 1.82) is 0 Å². The normalized spacial score (nSPS) is 14.3. The largest absolute Gasteiger partial charge is 0.310 e. The van der Waals surface area contributed by atoms with E-state index in [4.69, 9.17) is 0 Å². The zero-order valence-electron chi connectivity index (χ0n) is 13.2. The van der Waals surface area contributed by atoms with Gasteiger partial charge in [-0.15, -0.1) is 0 Å². The monoisotopic (exact) mass is 261 g/mol. The second kappa shape index (κ2) is 9.14. The van der Waals surface area contributed by atoms with Gasteiger partial charge in [0.25, 0.3) is 0 Å². The van der Waals surface area contributed by atoms with Gasteiger partial charge in [-0.2, -0.15) is 0 Å². The van der Waals surface area contributed by atoms with E-state index in [2.05, 4.69) is 57.3 Å². The second-order valence-corrected chi connectivity index (χ2v) is 5.69. The Kier molecular flexibility index (Phi) is 7.81. The van der Waals surface area contributed by atoms with E-state index in [9.17, 15) is 0 Å². The van der Waals surface area contributed by atoms with Gasteiger partial charge in [-0.3, -0.25) is 0 Å². The summed E-state index contributed by atoms with van der Waals surface area (Å²) in [7, 11) is 0. The Labute approximate surface area is 119 Å². The molecule has 1 rings (SSSR count). The van der Waals surface area contributed by atoms with Crippen molar-refractivity contribution in [1.82, 2.24) is 5.32 Å². The van der Waals surface area contributed by atoms with Crippen LogP contribution in [0.2, 0.25) is 0 Å². The summed E-state index contributed by atoms with van der Waals surface area (Å²) < 4.78 is 0. The summed E-state index contributed by atoms with van der Waals surface area (Å²) in [6.45, 7) is 10.3. The lowest BCUT2D eigenvalue weighted by molar-refractivity contribution is 0.363. The molecule has 1 heteroatoms. The molecule has 2 atom stereocenters. The summed E-state index contributed by atoms with van der Waals surface area (Å²) in [6, 6.07) is 9.69. The van der Waals surface area contributed by atoms with Gasteiger partial charge in [0.2, 0.25) is 0 Å². The summed E-state index contributed by atoms with van der Waals surface area (Å²) in [5, 5.41) is 3.74. The maximum absolute atomic E-state index is 3.74. The van der Waals surface area contributed by atoms with E-state index in [1.807, 2.05) is 0 Å². The fourth-order valence-electron chi connectivity index (χ4n) is 2.80. The van der Waals surface area contributed by atoms with Crippen LogP contribution < -0.4 is 5.32 Å². The third kappa shape index (κ3) is 5.36. The first-order chi connectivity index (χ1) is 9.22. The van der Waals surface area contributed by atoms with Crippen molar-refractivity contribution in [2.24, 2.45) is 5.92 Å². The Bertz CT molecular complexity index is 345. The minimum absolute atomic E-state index is 0.511. The summed E-state index contributed by atoms with van der Waals surface area (Å²) in [5.41, 5.74) is 2.95. The van der Waals surface area contributed by atoms with E-state index < -0.39 is 0 Å². The van der Waals surface area contributed by atoms with E-state index in [-0.39, 0.29) is 0 Å². The Morgan fingerprint density at radius 1 is 1.05 bits per heavy atom. The zero-order chi connectivity index (χ0) is 14.1. The molecule has 0 saturated heterocycles. The van der Waals surface area contributed by atoms with Crippen molar-refractivity contribution in [3.05, 3.63) is 35.4 Å². The number of hydrogen-bond donors (Lipinski definition) is 1. The van der Waals surface area contributed by atoms with Gasteiger partial charge in [0.15, 0.2) is 0 Å². The van der Waals surface area contributed by atoms with Gasteiger partial charge in [0.05, 0.1) is 0 Å². The lowest BCUT2D eigenvalue weighted by atomic mass is 9.89. The van der Waals surface area contributed by atoms with Crippen LogP contribution in [0.3, 0.4) is 0 Å². The minimum atomic E-state index is 0.511. The highest BCUT2D eigenvalue weighted by Crippen LogP contribution is 2.26. The highest BCUT2D eigenvalue weighted by Gasteiger charge is 2.17. The molecule has 0 radical (unpaired) electrons. The van der Waals surface area contributed by atoms with E-state index in [1.54, 1.807) is 0 Å². The molecule has 0 aromatic heterocycles. The number of benzene rings is 1. The predicted octanol–water partition coefficient (Wildman–Crippen LogP) is 5.12. The fraction of sp³-hybridized carbons (Fsp3) is 0.667. The molecule has 0 heterocycles. The van der Waals surface area contributed by atoms with Crippen LogP contribution in [0, 0.1) is 5.92 Å². The van der Waals surface area contributed by atoms with E-state index in [1.165, 1.54) is 43.2 Å². The number of aryl methyl sites for hydroxylation is 1. The molecule has 2 unspecified atom stereocenters. The van der Waals surface area contributed by atoms with Crippen molar-refractivity contribution in [3.63, 3.8) is 0 Å². The summed E-state index contributed by atoms with van der Waals surface area (Å²) in [4.78, 5) is 0. The fourth-order valence-corrected chi connectivity index (χ4v) is 2.80. The van der Waals surface area contributed by atoms with Crippen LogP contribution in [-0.2, 0) is 6.42 Å². The topological polar surface area (TPSA) is 12.0 Å². The van der Waals surface area contributed by atoms with Crippen molar-refractivity contribution >= 4 is 0 Å². The van der Waals surface area contributed by atoms with Gasteiger partial charge in [-0.05, 0) is 42.9 Å². The average Bonchev–Trinajstić information content (AvgIpc) is 2.40. The number of hydrogen-bond acceptors (Lipinski definition) is 1. The highest BCUT2D eigenvalue weighted by molar-refractivity contribution is 5.26. The molecule has 0 aliphatic carbocycles. The Balaban J connectivity index is 2.85. The lowest BCUT2D eigenvalue weighted by Crippen LogP contribution is -2.27. The van der Waals surface area contributed by atoms with Crippen LogP contribution in [-0.4, -0.2) is 6.54 Å². The summed E-state index contributed by atoms with van der Waals surface area (Å²) >= 11 is 0. The summed E-state index contributed by atoms with van der Waals surface area (Å²) in [5.74, 6) is 0.702. The van der Waals surface area contributed by atoms with Crippen LogP contribution in [0.25, 0.3) is 0 Å². The van der Waals surface area contributed by atoms with Crippen molar-refractivity contribution in [2.75, 3.05) is 6.54 Å².